The van der Waals surface area contributed by atoms with E-state index in [2.05, 4.69) is 0 Å². The molecule has 0 aliphatic heterocycles. The Bertz CT molecular complexity index is 1960. The summed E-state index contributed by atoms with van der Waals surface area (Å²) < 4.78 is 494. The fraction of sp³-hybridized carbons (Fsp3) is 0.739. The molecule has 1 aromatic carbocycles. The largest absolute Gasteiger partial charge is 0.460 e. The summed E-state index contributed by atoms with van der Waals surface area (Å²) in [6, 6.07) is -7.28. The van der Waals surface area contributed by atoms with Crippen LogP contribution in [0.5, 0.6) is 0 Å². The van der Waals surface area contributed by atoms with E-state index < -0.39 is 150 Å². The van der Waals surface area contributed by atoms with E-state index in [-0.39, 0.29) is 0 Å². The van der Waals surface area contributed by atoms with Crippen molar-refractivity contribution in [3.8, 4) is 0 Å². The first kappa shape index (κ1) is 61.1. The molecule has 0 saturated carbocycles. The minimum atomic E-state index is -9.69. The minimum absolute atomic E-state index is 2.27. The molecular formula is C23H8F34O7P2. The van der Waals surface area contributed by atoms with Gasteiger partial charge in [0.15, 0.2) is 0 Å². The van der Waals surface area contributed by atoms with E-state index in [0.717, 1.165) is 0 Å². The summed E-state index contributed by atoms with van der Waals surface area (Å²) in [5.41, 5.74) is -13.5. The molecule has 0 aliphatic rings. The zero-order valence-electron chi connectivity index (χ0n) is 28.5. The molecule has 0 heterocycles. The standard InChI is InChI=1S/C23H8F34O7P2/c24-7(25,10(28,29)12(32,33)14(36,37)16(40,41)18(44,45)20(48,49)22(52,53)54)4-1-5(3-6(2-4)9(58,65(59,60)61)66(62,63)64)8(26,27)11(30,31)13(34,35)15(38,39)17(42,43)19(46,47)21(50,51)23(55,56)57/h1-3,58H,(H2,59,60,61)(H2,62,63,64). The summed E-state index contributed by atoms with van der Waals surface area (Å²) in [5, 5.41) is 3.54. The molecular weight excluding hydrogens is 1100 g/mol. The highest BCUT2D eigenvalue weighted by Gasteiger charge is 2.97. The molecule has 0 aliphatic carbocycles. The Morgan fingerprint density at radius 3 is 0.591 bits per heavy atom. The molecule has 0 saturated heterocycles. The molecule has 0 unspecified atom stereocenters. The van der Waals surface area contributed by atoms with Crippen LogP contribution in [0.3, 0.4) is 0 Å². The average Bonchev–Trinajstić information content (AvgIpc) is 3.07. The van der Waals surface area contributed by atoms with Gasteiger partial charge in [-0.05, 0) is 18.2 Å². The molecule has 7 nitrogen and oxygen atoms in total. The lowest BCUT2D eigenvalue weighted by Gasteiger charge is -2.43. The summed E-state index contributed by atoms with van der Waals surface area (Å²) in [5.74, 6) is -130. The van der Waals surface area contributed by atoms with E-state index in [9.17, 15) is 146 Å². The quantitative estimate of drug-likeness (QED) is 0.0774. The van der Waals surface area contributed by atoms with Crippen LogP contribution in [-0.4, -0.2) is 108 Å². The van der Waals surface area contributed by atoms with Crippen LogP contribution in [0.1, 0.15) is 16.7 Å². The Labute approximate surface area is 334 Å². The van der Waals surface area contributed by atoms with Gasteiger partial charge in [-0.15, -0.1) is 0 Å². The minimum Gasteiger partial charge on any atom is -0.364 e. The molecule has 0 bridgehead atoms. The summed E-state index contributed by atoms with van der Waals surface area (Å²) in [6.07, 6.45) is -16.7. The van der Waals surface area contributed by atoms with E-state index in [1.54, 1.807) is 0 Å². The Morgan fingerprint density at radius 1 is 0.273 bits per heavy atom. The van der Waals surface area contributed by atoms with Gasteiger partial charge in [-0.3, -0.25) is 9.13 Å². The van der Waals surface area contributed by atoms with Crippen LogP contribution in [0.2, 0.25) is 0 Å². The van der Waals surface area contributed by atoms with Crippen molar-refractivity contribution >= 4 is 15.2 Å². The Hall–Kier alpha value is -2.90. The van der Waals surface area contributed by atoms with Crippen molar-refractivity contribution in [3.63, 3.8) is 0 Å². The Morgan fingerprint density at radius 2 is 0.424 bits per heavy atom. The van der Waals surface area contributed by atoms with Crippen molar-refractivity contribution in [1.82, 2.24) is 0 Å². The highest BCUT2D eigenvalue weighted by molar-refractivity contribution is 7.71. The third-order valence-electron chi connectivity index (χ3n) is 8.30. The monoisotopic (exact) mass is 1100 g/mol. The normalized spacial score (nSPS) is 16.8. The van der Waals surface area contributed by atoms with Crippen molar-refractivity contribution in [1.29, 1.82) is 0 Å². The maximum Gasteiger partial charge on any atom is 0.460 e. The first-order valence-electron chi connectivity index (χ1n) is 14.2. The lowest BCUT2D eigenvalue weighted by molar-refractivity contribution is -0.463. The molecule has 66 heavy (non-hydrogen) atoms. The molecule has 0 fully saturated rings. The zero-order chi connectivity index (χ0) is 54.4. The molecule has 390 valence electrons. The summed E-state index contributed by atoms with van der Waals surface area (Å²) in [6.45, 7) is 0. The lowest BCUT2D eigenvalue weighted by Crippen LogP contribution is -2.74. The van der Waals surface area contributed by atoms with Crippen LogP contribution < -0.4 is 0 Å². The van der Waals surface area contributed by atoms with Crippen LogP contribution in [0.4, 0.5) is 149 Å². The van der Waals surface area contributed by atoms with Gasteiger partial charge >= 0.3 is 110 Å². The highest BCUT2D eigenvalue weighted by atomic mass is 31.2. The molecule has 1 rings (SSSR count). The second kappa shape index (κ2) is 15.3. The van der Waals surface area contributed by atoms with E-state index in [4.69, 9.17) is 19.6 Å². The van der Waals surface area contributed by atoms with Crippen LogP contribution in [-0.2, 0) is 26.1 Å². The maximum atomic E-state index is 15.2. The molecule has 1 aromatic rings. The van der Waals surface area contributed by atoms with E-state index in [1.807, 2.05) is 0 Å². The molecule has 0 amide bonds. The van der Waals surface area contributed by atoms with Gasteiger partial charge in [-0.25, -0.2) is 0 Å². The Balaban J connectivity index is 4.70. The number of rotatable bonds is 17. The lowest BCUT2D eigenvalue weighted by atomic mass is 9.84. The number of benzene rings is 1. The molecule has 0 atom stereocenters. The number of alkyl halides is 34. The number of aliphatic hydroxyl groups is 1. The molecule has 0 spiro atoms. The van der Waals surface area contributed by atoms with Gasteiger partial charge in [-0.2, -0.15) is 149 Å². The smallest absolute Gasteiger partial charge is 0.364 e. The fourth-order valence-electron chi connectivity index (χ4n) is 4.38. The van der Waals surface area contributed by atoms with E-state index in [0.29, 0.717) is 0 Å². The summed E-state index contributed by atoms with van der Waals surface area (Å²) in [4.78, 5) is 36.6. The predicted octanol–water partition coefficient (Wildman–Crippen LogP) is 11.1. The molecule has 0 aromatic heterocycles. The predicted molar refractivity (Wildman–Crippen MR) is 134 cm³/mol. The molecule has 0 radical (unpaired) electrons. The first-order valence-corrected chi connectivity index (χ1v) is 17.5. The summed E-state index contributed by atoms with van der Waals surface area (Å²) >= 11 is 0. The van der Waals surface area contributed by atoms with Gasteiger partial charge in [0.05, 0.1) is 0 Å². The highest BCUT2D eigenvalue weighted by Crippen LogP contribution is 2.74. The first-order chi connectivity index (χ1) is 27.8. The van der Waals surface area contributed by atoms with Gasteiger partial charge in [-0.1, -0.05) is 0 Å². The SMILES string of the molecule is O=P(O)(O)C(O)(c1cc(C(F)(F)C(F)(F)C(F)(F)C(F)(F)C(F)(F)C(F)(F)C(F)(F)C(F)(F)F)cc(C(F)(F)C(F)(F)C(F)(F)C(F)(F)C(F)(F)C(F)(F)C(F)(F)C(F)(F)F)c1)P(=O)(O)O. The average molecular weight is 1100 g/mol. The Kier molecular flexibility index (Phi) is 14.2. The third kappa shape index (κ3) is 7.54. The van der Waals surface area contributed by atoms with E-state index in [1.165, 1.54) is 0 Å². The second-order valence-corrected chi connectivity index (χ2v) is 16.4. The van der Waals surface area contributed by atoms with Crippen molar-refractivity contribution in [2.75, 3.05) is 0 Å². The van der Waals surface area contributed by atoms with Gasteiger partial charge in [0.2, 0.25) is 0 Å². The number of hydrogen-bond donors (Lipinski definition) is 5. The van der Waals surface area contributed by atoms with Crippen LogP contribution in [0.25, 0.3) is 0 Å². The zero-order valence-corrected chi connectivity index (χ0v) is 30.3. The van der Waals surface area contributed by atoms with Crippen LogP contribution >= 0.6 is 15.2 Å². The summed E-state index contributed by atoms with van der Waals surface area (Å²) in [7, 11) is -16.0. The van der Waals surface area contributed by atoms with Gasteiger partial charge in [0.1, 0.15) is 0 Å². The van der Waals surface area contributed by atoms with Crippen molar-refractivity contribution < 1.29 is 183 Å². The van der Waals surface area contributed by atoms with Gasteiger partial charge < -0.3 is 24.7 Å². The third-order valence-corrected chi connectivity index (χ3v) is 12.0. The second-order valence-electron chi connectivity index (χ2n) is 12.6. The van der Waals surface area contributed by atoms with E-state index >= 15 is 17.6 Å². The topological polar surface area (TPSA) is 135 Å². The molecule has 5 N–H and O–H groups in total. The van der Waals surface area contributed by atoms with Crippen molar-refractivity contribution in [2.45, 2.75) is 100 Å². The fourth-order valence-corrected chi connectivity index (χ4v) is 6.67. The van der Waals surface area contributed by atoms with Gasteiger partial charge in [0.25, 0.3) is 5.08 Å². The van der Waals surface area contributed by atoms with Crippen LogP contribution in [0.15, 0.2) is 18.2 Å². The van der Waals surface area contributed by atoms with Crippen LogP contribution in [0, 0.1) is 0 Å². The van der Waals surface area contributed by atoms with Crippen molar-refractivity contribution in [2.24, 2.45) is 0 Å². The van der Waals surface area contributed by atoms with Crippen molar-refractivity contribution in [3.05, 3.63) is 34.9 Å². The van der Waals surface area contributed by atoms with Gasteiger partial charge in [0, 0.05) is 16.7 Å². The molecule has 43 heteroatoms. The number of halogens is 34. The number of hydrogen-bond acceptors (Lipinski definition) is 3. The maximum absolute atomic E-state index is 15.2.